The third-order valence-corrected chi connectivity index (χ3v) is 2.53. The van der Waals surface area contributed by atoms with Gasteiger partial charge in [0.15, 0.2) is 11.5 Å². The van der Waals surface area contributed by atoms with Crippen molar-refractivity contribution in [3.05, 3.63) is 22.7 Å². The third kappa shape index (κ3) is 3.78. The maximum absolute atomic E-state index is 11.0. The molecule has 0 atom stereocenters. The Labute approximate surface area is 111 Å². The first-order valence-electron chi connectivity index (χ1n) is 5.38. The summed E-state index contributed by atoms with van der Waals surface area (Å²) in [6.07, 6.45) is 0.159. The van der Waals surface area contributed by atoms with E-state index in [1.54, 1.807) is 12.1 Å². The molecule has 1 aromatic rings. The highest BCUT2D eigenvalue weighted by Crippen LogP contribution is 2.34. The standard InChI is InChI=1S/C12H16ClNO4/c1-16-10-6-9(13)5-8(7-14)12(10)18-4-3-11(15)17-2/h5-6H,3-4,7,14H2,1-2H3. The number of esters is 1. The second-order valence-corrected chi connectivity index (χ2v) is 3.91. The van der Waals surface area contributed by atoms with Gasteiger partial charge >= 0.3 is 5.97 Å². The van der Waals surface area contributed by atoms with E-state index < -0.39 is 0 Å². The zero-order valence-corrected chi connectivity index (χ0v) is 11.1. The molecule has 2 N–H and O–H groups in total. The van der Waals surface area contributed by atoms with Crippen LogP contribution in [0.5, 0.6) is 11.5 Å². The molecule has 0 bridgehead atoms. The van der Waals surface area contributed by atoms with Crippen molar-refractivity contribution >= 4 is 17.6 Å². The molecule has 1 rings (SSSR count). The van der Waals surface area contributed by atoms with Gasteiger partial charge in [0.05, 0.1) is 27.2 Å². The van der Waals surface area contributed by atoms with Gasteiger partial charge in [0, 0.05) is 23.2 Å². The molecule has 0 aliphatic heterocycles. The Kier molecular flexibility index (Phi) is 5.74. The minimum atomic E-state index is -0.336. The van der Waals surface area contributed by atoms with Crippen LogP contribution in [0.15, 0.2) is 12.1 Å². The van der Waals surface area contributed by atoms with Crippen molar-refractivity contribution in [3.63, 3.8) is 0 Å². The molecule has 0 spiro atoms. The van der Waals surface area contributed by atoms with Crippen molar-refractivity contribution in [1.82, 2.24) is 0 Å². The quantitative estimate of drug-likeness (QED) is 0.800. The molecule has 18 heavy (non-hydrogen) atoms. The molecule has 0 saturated heterocycles. The highest BCUT2D eigenvalue weighted by molar-refractivity contribution is 6.30. The molecule has 1 aromatic carbocycles. The summed E-state index contributed by atoms with van der Waals surface area (Å²) >= 11 is 5.92. The van der Waals surface area contributed by atoms with Crippen molar-refractivity contribution in [2.75, 3.05) is 20.8 Å². The summed E-state index contributed by atoms with van der Waals surface area (Å²) in [5.74, 6) is 0.665. The summed E-state index contributed by atoms with van der Waals surface area (Å²) in [6, 6.07) is 3.34. The van der Waals surface area contributed by atoms with Gasteiger partial charge in [0.25, 0.3) is 0 Å². The van der Waals surface area contributed by atoms with Crippen molar-refractivity contribution in [2.45, 2.75) is 13.0 Å². The topological polar surface area (TPSA) is 70.8 Å². The van der Waals surface area contributed by atoms with Gasteiger partial charge < -0.3 is 19.9 Å². The molecular formula is C12H16ClNO4. The van der Waals surface area contributed by atoms with Gasteiger partial charge in [-0.3, -0.25) is 4.79 Å². The first-order chi connectivity index (χ1) is 8.62. The fourth-order valence-electron chi connectivity index (χ4n) is 1.43. The average Bonchev–Trinajstić information content (AvgIpc) is 2.39. The highest BCUT2D eigenvalue weighted by Gasteiger charge is 2.12. The summed E-state index contributed by atoms with van der Waals surface area (Å²) in [5, 5.41) is 0.521. The van der Waals surface area contributed by atoms with Gasteiger partial charge in [0.1, 0.15) is 0 Å². The first kappa shape index (κ1) is 14.6. The molecule has 0 saturated carbocycles. The van der Waals surface area contributed by atoms with Crippen molar-refractivity contribution < 1.29 is 19.0 Å². The number of carbonyl (C=O) groups is 1. The number of halogens is 1. The minimum Gasteiger partial charge on any atom is -0.493 e. The lowest BCUT2D eigenvalue weighted by molar-refractivity contribution is -0.141. The predicted octanol–water partition coefficient (Wildman–Crippen LogP) is 1.75. The lowest BCUT2D eigenvalue weighted by Crippen LogP contribution is -2.10. The Morgan fingerprint density at radius 3 is 2.67 bits per heavy atom. The molecule has 100 valence electrons. The monoisotopic (exact) mass is 273 g/mol. The van der Waals surface area contributed by atoms with Crippen LogP contribution < -0.4 is 15.2 Å². The zero-order chi connectivity index (χ0) is 13.5. The zero-order valence-electron chi connectivity index (χ0n) is 10.4. The van der Waals surface area contributed by atoms with Crippen molar-refractivity contribution in [2.24, 2.45) is 5.73 Å². The van der Waals surface area contributed by atoms with Crippen LogP contribution in [0.25, 0.3) is 0 Å². The smallest absolute Gasteiger partial charge is 0.308 e. The summed E-state index contributed by atoms with van der Waals surface area (Å²) in [5.41, 5.74) is 6.34. The van der Waals surface area contributed by atoms with Gasteiger partial charge in [-0.15, -0.1) is 0 Å². The van der Waals surface area contributed by atoms with Gasteiger partial charge in [-0.05, 0) is 6.07 Å². The fourth-order valence-corrected chi connectivity index (χ4v) is 1.66. The molecule has 5 nitrogen and oxygen atoms in total. The number of nitrogens with two attached hydrogens (primary N) is 1. The molecular weight excluding hydrogens is 258 g/mol. The number of methoxy groups -OCH3 is 2. The minimum absolute atomic E-state index is 0.159. The van der Waals surface area contributed by atoms with Gasteiger partial charge in [0.2, 0.25) is 0 Å². The molecule has 0 aromatic heterocycles. The lowest BCUT2D eigenvalue weighted by Gasteiger charge is -2.14. The Balaban J connectivity index is 2.82. The van der Waals surface area contributed by atoms with E-state index in [9.17, 15) is 4.79 Å². The van der Waals surface area contributed by atoms with E-state index in [1.165, 1.54) is 14.2 Å². The lowest BCUT2D eigenvalue weighted by atomic mass is 10.2. The number of hydrogen-bond acceptors (Lipinski definition) is 5. The number of ether oxygens (including phenoxy) is 3. The summed E-state index contributed by atoms with van der Waals surface area (Å²) in [6.45, 7) is 0.460. The van der Waals surface area contributed by atoms with Crippen LogP contribution in [0.1, 0.15) is 12.0 Å². The Bertz CT molecular complexity index is 398. The first-order valence-corrected chi connectivity index (χ1v) is 5.76. The van der Waals surface area contributed by atoms with Gasteiger partial charge in [-0.1, -0.05) is 11.6 Å². The number of hydrogen-bond donors (Lipinski definition) is 1. The van der Waals surface area contributed by atoms with Crippen LogP contribution in [0, 0.1) is 0 Å². The summed E-state index contributed by atoms with van der Waals surface area (Å²) in [4.78, 5) is 11.0. The van der Waals surface area contributed by atoms with Crippen molar-refractivity contribution in [1.29, 1.82) is 0 Å². The van der Waals surface area contributed by atoms with E-state index in [0.717, 1.165) is 5.56 Å². The second-order valence-electron chi connectivity index (χ2n) is 3.48. The fraction of sp³-hybridized carbons (Fsp3) is 0.417. The maximum atomic E-state index is 11.0. The van der Waals surface area contributed by atoms with Crippen LogP contribution in [0.4, 0.5) is 0 Å². The molecule has 0 radical (unpaired) electrons. The third-order valence-electron chi connectivity index (χ3n) is 2.32. The SMILES string of the molecule is COC(=O)CCOc1c(CN)cc(Cl)cc1OC. The van der Waals surface area contributed by atoms with E-state index in [1.807, 2.05) is 0 Å². The molecule has 0 unspecified atom stereocenters. The van der Waals surface area contributed by atoms with Crippen LogP contribution in [0.3, 0.4) is 0 Å². The average molecular weight is 274 g/mol. The second kappa shape index (κ2) is 7.08. The van der Waals surface area contributed by atoms with E-state index in [-0.39, 0.29) is 25.5 Å². The number of rotatable bonds is 6. The molecule has 0 amide bonds. The molecule has 0 heterocycles. The molecule has 0 aliphatic carbocycles. The molecule has 0 aliphatic rings. The van der Waals surface area contributed by atoms with Gasteiger partial charge in [-0.25, -0.2) is 0 Å². The Hall–Kier alpha value is -1.46. The van der Waals surface area contributed by atoms with Crippen LogP contribution in [0.2, 0.25) is 5.02 Å². The summed E-state index contributed by atoms with van der Waals surface area (Å²) < 4.78 is 15.2. The van der Waals surface area contributed by atoms with Crippen molar-refractivity contribution in [3.8, 4) is 11.5 Å². The van der Waals surface area contributed by atoms with E-state index in [0.29, 0.717) is 16.5 Å². The maximum Gasteiger partial charge on any atom is 0.308 e. The Morgan fingerprint density at radius 2 is 2.11 bits per heavy atom. The largest absolute Gasteiger partial charge is 0.493 e. The van der Waals surface area contributed by atoms with Crippen LogP contribution >= 0.6 is 11.6 Å². The molecule has 6 heteroatoms. The number of benzene rings is 1. The van der Waals surface area contributed by atoms with Crippen LogP contribution in [-0.2, 0) is 16.1 Å². The highest BCUT2D eigenvalue weighted by atomic mass is 35.5. The van der Waals surface area contributed by atoms with Crippen LogP contribution in [-0.4, -0.2) is 26.8 Å². The number of carbonyl (C=O) groups excluding carboxylic acids is 1. The summed E-state index contributed by atoms with van der Waals surface area (Å²) in [7, 11) is 2.84. The molecule has 0 fully saturated rings. The van der Waals surface area contributed by atoms with E-state index in [4.69, 9.17) is 26.8 Å². The van der Waals surface area contributed by atoms with E-state index in [2.05, 4.69) is 4.74 Å². The normalized spacial score (nSPS) is 10.0. The van der Waals surface area contributed by atoms with Gasteiger partial charge in [-0.2, -0.15) is 0 Å². The van der Waals surface area contributed by atoms with E-state index >= 15 is 0 Å². The predicted molar refractivity (Wildman–Crippen MR) is 68.0 cm³/mol. The Morgan fingerprint density at radius 1 is 1.39 bits per heavy atom.